The summed E-state index contributed by atoms with van der Waals surface area (Å²) in [4.78, 5) is 11.9. The third-order valence-corrected chi connectivity index (χ3v) is 5.09. The zero-order chi connectivity index (χ0) is 16.1. The lowest BCUT2D eigenvalue weighted by Crippen LogP contribution is -2.14. The molecule has 0 unspecified atom stereocenters. The molecule has 0 bridgehead atoms. The lowest BCUT2D eigenvalue weighted by atomic mass is 10.2. The number of rotatable bonds is 5. The van der Waals surface area contributed by atoms with Crippen molar-refractivity contribution in [1.82, 2.24) is 0 Å². The SMILES string of the molecule is Cc1ccc(NC(=O)CSCc2ccc(Cl)c(Cl)c2)cc1Cl. The van der Waals surface area contributed by atoms with E-state index in [0.29, 0.717) is 32.3 Å². The van der Waals surface area contributed by atoms with Gasteiger partial charge in [-0.05, 0) is 42.3 Å². The van der Waals surface area contributed by atoms with Gasteiger partial charge in [-0.1, -0.05) is 46.9 Å². The van der Waals surface area contributed by atoms with Crippen LogP contribution in [0.3, 0.4) is 0 Å². The van der Waals surface area contributed by atoms with Crippen molar-refractivity contribution < 1.29 is 4.79 Å². The van der Waals surface area contributed by atoms with E-state index in [2.05, 4.69) is 5.32 Å². The topological polar surface area (TPSA) is 29.1 Å². The maximum atomic E-state index is 11.9. The molecular formula is C16H14Cl3NOS. The fourth-order valence-corrected chi connectivity index (χ4v) is 3.03. The Morgan fingerprint density at radius 2 is 1.82 bits per heavy atom. The molecule has 0 fully saturated rings. The van der Waals surface area contributed by atoms with Crippen molar-refractivity contribution in [3.63, 3.8) is 0 Å². The fraction of sp³-hybridized carbons (Fsp3) is 0.188. The number of carbonyl (C=O) groups excluding carboxylic acids is 1. The third kappa shape index (κ3) is 5.10. The largest absolute Gasteiger partial charge is 0.325 e. The van der Waals surface area contributed by atoms with Crippen molar-refractivity contribution in [2.24, 2.45) is 0 Å². The first-order valence-electron chi connectivity index (χ1n) is 6.53. The third-order valence-electron chi connectivity index (χ3n) is 2.94. The number of amides is 1. The van der Waals surface area contributed by atoms with E-state index in [1.54, 1.807) is 12.1 Å². The molecule has 0 aliphatic heterocycles. The van der Waals surface area contributed by atoms with E-state index in [0.717, 1.165) is 11.1 Å². The molecule has 1 N–H and O–H groups in total. The van der Waals surface area contributed by atoms with E-state index in [1.807, 2.05) is 31.2 Å². The van der Waals surface area contributed by atoms with Crippen LogP contribution < -0.4 is 5.32 Å². The van der Waals surface area contributed by atoms with Crippen LogP contribution in [-0.2, 0) is 10.5 Å². The smallest absolute Gasteiger partial charge is 0.234 e. The Balaban J connectivity index is 1.82. The molecular weight excluding hydrogens is 361 g/mol. The summed E-state index contributed by atoms with van der Waals surface area (Å²) in [6.07, 6.45) is 0. The van der Waals surface area contributed by atoms with Gasteiger partial charge in [-0.2, -0.15) is 0 Å². The summed E-state index contributed by atoms with van der Waals surface area (Å²) in [6, 6.07) is 10.9. The second-order valence-corrected chi connectivity index (χ2v) is 6.96. The molecule has 0 atom stereocenters. The molecule has 2 nitrogen and oxygen atoms in total. The van der Waals surface area contributed by atoms with Gasteiger partial charge < -0.3 is 5.32 Å². The minimum atomic E-state index is -0.0648. The minimum Gasteiger partial charge on any atom is -0.325 e. The Kier molecular flexibility index (Phi) is 6.45. The predicted molar refractivity (Wildman–Crippen MR) is 97.4 cm³/mol. The minimum absolute atomic E-state index is 0.0648. The van der Waals surface area contributed by atoms with Crippen molar-refractivity contribution in [2.75, 3.05) is 11.1 Å². The normalized spacial score (nSPS) is 10.5. The van der Waals surface area contributed by atoms with E-state index in [9.17, 15) is 4.79 Å². The van der Waals surface area contributed by atoms with Gasteiger partial charge in [0.1, 0.15) is 0 Å². The van der Waals surface area contributed by atoms with Gasteiger partial charge in [-0.15, -0.1) is 11.8 Å². The summed E-state index contributed by atoms with van der Waals surface area (Å²) < 4.78 is 0. The van der Waals surface area contributed by atoms with E-state index in [-0.39, 0.29) is 5.91 Å². The summed E-state index contributed by atoms with van der Waals surface area (Å²) in [6.45, 7) is 1.92. The van der Waals surface area contributed by atoms with Crippen LogP contribution in [0.5, 0.6) is 0 Å². The van der Waals surface area contributed by atoms with E-state index in [1.165, 1.54) is 11.8 Å². The van der Waals surface area contributed by atoms with Crippen molar-refractivity contribution >= 4 is 58.2 Å². The molecule has 0 heterocycles. The molecule has 22 heavy (non-hydrogen) atoms. The van der Waals surface area contributed by atoms with Gasteiger partial charge >= 0.3 is 0 Å². The lowest BCUT2D eigenvalue weighted by Gasteiger charge is -2.07. The average molecular weight is 375 g/mol. The number of thioether (sulfide) groups is 1. The van der Waals surface area contributed by atoms with Gasteiger partial charge in [0.25, 0.3) is 0 Å². The van der Waals surface area contributed by atoms with Crippen LogP contribution in [0.2, 0.25) is 15.1 Å². The van der Waals surface area contributed by atoms with Gasteiger partial charge in [0.05, 0.1) is 15.8 Å². The highest BCUT2D eigenvalue weighted by Gasteiger charge is 2.05. The maximum absolute atomic E-state index is 11.9. The highest BCUT2D eigenvalue weighted by atomic mass is 35.5. The van der Waals surface area contributed by atoms with Gasteiger partial charge in [0.2, 0.25) is 5.91 Å². The quantitative estimate of drug-likeness (QED) is 0.713. The Bertz CT molecular complexity index is 691. The summed E-state index contributed by atoms with van der Waals surface area (Å²) in [5, 5.41) is 4.52. The van der Waals surface area contributed by atoms with E-state index < -0.39 is 0 Å². The molecule has 2 rings (SSSR count). The number of hydrogen-bond donors (Lipinski definition) is 1. The number of hydrogen-bond acceptors (Lipinski definition) is 2. The highest BCUT2D eigenvalue weighted by Crippen LogP contribution is 2.25. The number of carbonyl (C=O) groups is 1. The monoisotopic (exact) mass is 373 g/mol. The predicted octanol–water partition coefficient (Wildman–Crippen LogP) is 5.83. The molecule has 2 aromatic carbocycles. The summed E-state index contributed by atoms with van der Waals surface area (Å²) in [5.74, 6) is 0.982. The first kappa shape index (κ1) is 17.5. The maximum Gasteiger partial charge on any atom is 0.234 e. The van der Waals surface area contributed by atoms with Crippen molar-refractivity contribution in [3.8, 4) is 0 Å². The lowest BCUT2D eigenvalue weighted by molar-refractivity contribution is -0.113. The molecule has 0 saturated carbocycles. The van der Waals surface area contributed by atoms with Gasteiger partial charge in [0, 0.05) is 16.5 Å². The molecule has 2 aromatic rings. The molecule has 0 aromatic heterocycles. The number of benzene rings is 2. The molecule has 0 spiro atoms. The first-order valence-corrected chi connectivity index (χ1v) is 8.82. The van der Waals surface area contributed by atoms with Gasteiger partial charge in [-0.25, -0.2) is 0 Å². The molecule has 0 saturated heterocycles. The Labute approximate surface area is 149 Å². The highest BCUT2D eigenvalue weighted by molar-refractivity contribution is 7.99. The fourth-order valence-electron chi connectivity index (χ4n) is 1.76. The number of halogens is 3. The van der Waals surface area contributed by atoms with Gasteiger partial charge in [0.15, 0.2) is 0 Å². The number of aryl methyl sites for hydroxylation is 1. The number of nitrogens with one attached hydrogen (secondary N) is 1. The second kappa shape index (κ2) is 8.11. The van der Waals surface area contributed by atoms with Crippen LogP contribution in [0.15, 0.2) is 36.4 Å². The Morgan fingerprint density at radius 3 is 2.50 bits per heavy atom. The second-order valence-electron chi connectivity index (χ2n) is 4.75. The number of anilines is 1. The van der Waals surface area contributed by atoms with Gasteiger partial charge in [-0.3, -0.25) is 4.79 Å². The average Bonchev–Trinajstić information content (AvgIpc) is 2.47. The Hall–Kier alpha value is -0.870. The van der Waals surface area contributed by atoms with E-state index in [4.69, 9.17) is 34.8 Å². The molecule has 116 valence electrons. The summed E-state index contributed by atoms with van der Waals surface area (Å²) in [7, 11) is 0. The molecule has 0 aliphatic rings. The first-order chi connectivity index (χ1) is 10.5. The molecule has 0 aliphatic carbocycles. The molecule has 6 heteroatoms. The van der Waals surface area contributed by atoms with Crippen LogP contribution >= 0.6 is 46.6 Å². The van der Waals surface area contributed by atoms with Crippen LogP contribution in [0.1, 0.15) is 11.1 Å². The van der Waals surface area contributed by atoms with E-state index >= 15 is 0 Å². The molecule has 1 amide bonds. The van der Waals surface area contributed by atoms with Crippen LogP contribution in [-0.4, -0.2) is 11.7 Å². The summed E-state index contributed by atoms with van der Waals surface area (Å²) in [5.41, 5.74) is 2.72. The van der Waals surface area contributed by atoms with Crippen LogP contribution in [0.4, 0.5) is 5.69 Å². The van der Waals surface area contributed by atoms with Crippen molar-refractivity contribution in [1.29, 1.82) is 0 Å². The zero-order valence-corrected chi connectivity index (χ0v) is 14.9. The van der Waals surface area contributed by atoms with Crippen molar-refractivity contribution in [2.45, 2.75) is 12.7 Å². The molecule has 0 radical (unpaired) electrons. The van der Waals surface area contributed by atoms with Crippen LogP contribution in [0.25, 0.3) is 0 Å². The standard InChI is InChI=1S/C16H14Cl3NOS/c1-10-2-4-12(7-14(10)18)20-16(21)9-22-8-11-3-5-13(17)15(19)6-11/h2-7H,8-9H2,1H3,(H,20,21). The summed E-state index contributed by atoms with van der Waals surface area (Å²) >= 11 is 19.4. The Morgan fingerprint density at radius 1 is 1.05 bits per heavy atom. The van der Waals surface area contributed by atoms with Crippen molar-refractivity contribution in [3.05, 3.63) is 62.6 Å². The van der Waals surface area contributed by atoms with Crippen LogP contribution in [0, 0.1) is 6.92 Å². The zero-order valence-electron chi connectivity index (χ0n) is 11.8.